The molecule has 2 rings (SSSR count). The first-order chi connectivity index (χ1) is 10.1. The van der Waals surface area contributed by atoms with Gasteiger partial charge in [-0.15, -0.1) is 0 Å². The normalized spacial score (nSPS) is 16.0. The summed E-state index contributed by atoms with van der Waals surface area (Å²) in [6, 6.07) is 3.58. The minimum atomic E-state index is -0.141. The SMILES string of the molecule is CCN(CC)Cc1ccc(C(=O)N2CCNC(=O)CC2)o1. The van der Waals surface area contributed by atoms with Gasteiger partial charge in [0.15, 0.2) is 5.76 Å². The van der Waals surface area contributed by atoms with Crippen molar-refractivity contribution in [3.05, 3.63) is 23.7 Å². The smallest absolute Gasteiger partial charge is 0.289 e. The Bertz CT molecular complexity index is 494. The largest absolute Gasteiger partial charge is 0.455 e. The van der Waals surface area contributed by atoms with Gasteiger partial charge < -0.3 is 14.6 Å². The number of amides is 2. The molecule has 0 bridgehead atoms. The zero-order chi connectivity index (χ0) is 15.2. The highest BCUT2D eigenvalue weighted by Gasteiger charge is 2.22. The Hall–Kier alpha value is -1.82. The van der Waals surface area contributed by atoms with Gasteiger partial charge in [-0.2, -0.15) is 0 Å². The van der Waals surface area contributed by atoms with Gasteiger partial charge in [-0.25, -0.2) is 0 Å². The molecule has 6 nitrogen and oxygen atoms in total. The Balaban J connectivity index is 1.99. The van der Waals surface area contributed by atoms with E-state index in [0.29, 0.717) is 38.4 Å². The van der Waals surface area contributed by atoms with Gasteiger partial charge in [-0.1, -0.05) is 13.8 Å². The molecule has 0 aliphatic carbocycles. The Kier molecular flexibility index (Phi) is 5.38. The fourth-order valence-corrected chi connectivity index (χ4v) is 2.37. The molecule has 0 atom stereocenters. The lowest BCUT2D eigenvalue weighted by atomic mass is 10.3. The van der Waals surface area contributed by atoms with Gasteiger partial charge in [0.1, 0.15) is 5.76 Å². The highest BCUT2D eigenvalue weighted by Crippen LogP contribution is 2.13. The minimum Gasteiger partial charge on any atom is -0.455 e. The molecule has 1 aliphatic rings. The van der Waals surface area contributed by atoms with Crippen LogP contribution in [0, 0.1) is 0 Å². The van der Waals surface area contributed by atoms with Crippen LogP contribution in [0.15, 0.2) is 16.5 Å². The lowest BCUT2D eigenvalue weighted by Crippen LogP contribution is -2.34. The molecule has 1 aromatic rings. The van der Waals surface area contributed by atoms with Gasteiger partial charge in [0.25, 0.3) is 5.91 Å². The van der Waals surface area contributed by atoms with Crippen molar-refractivity contribution < 1.29 is 14.0 Å². The molecule has 116 valence electrons. The molecule has 2 amide bonds. The van der Waals surface area contributed by atoms with Crippen molar-refractivity contribution in [2.24, 2.45) is 0 Å². The molecule has 0 spiro atoms. The van der Waals surface area contributed by atoms with Crippen LogP contribution in [0.4, 0.5) is 0 Å². The van der Waals surface area contributed by atoms with E-state index in [-0.39, 0.29) is 11.8 Å². The number of furan rings is 1. The predicted octanol–water partition coefficient (Wildman–Crippen LogP) is 1.08. The van der Waals surface area contributed by atoms with E-state index in [4.69, 9.17) is 4.42 Å². The molecule has 1 aromatic heterocycles. The minimum absolute atomic E-state index is 0.00744. The predicted molar refractivity (Wildman–Crippen MR) is 78.9 cm³/mol. The lowest BCUT2D eigenvalue weighted by molar-refractivity contribution is -0.120. The maximum Gasteiger partial charge on any atom is 0.289 e. The second-order valence-electron chi connectivity index (χ2n) is 5.12. The van der Waals surface area contributed by atoms with Crippen LogP contribution in [-0.2, 0) is 11.3 Å². The molecule has 21 heavy (non-hydrogen) atoms. The van der Waals surface area contributed by atoms with Crippen molar-refractivity contribution in [2.45, 2.75) is 26.8 Å². The zero-order valence-electron chi connectivity index (χ0n) is 12.7. The van der Waals surface area contributed by atoms with E-state index in [0.717, 1.165) is 18.8 Å². The zero-order valence-corrected chi connectivity index (χ0v) is 12.7. The second-order valence-corrected chi connectivity index (χ2v) is 5.12. The van der Waals surface area contributed by atoms with Crippen molar-refractivity contribution in [3.63, 3.8) is 0 Å². The van der Waals surface area contributed by atoms with Crippen LogP contribution in [0.3, 0.4) is 0 Å². The van der Waals surface area contributed by atoms with Gasteiger partial charge in [-0.3, -0.25) is 14.5 Å². The average Bonchev–Trinajstić information content (AvgIpc) is 2.85. The summed E-state index contributed by atoms with van der Waals surface area (Å²) in [5.74, 6) is 1.00. The molecule has 0 saturated carbocycles. The molecule has 6 heteroatoms. The summed E-state index contributed by atoms with van der Waals surface area (Å²) >= 11 is 0. The summed E-state index contributed by atoms with van der Waals surface area (Å²) in [5, 5.41) is 2.76. The molecule has 1 fully saturated rings. The molecule has 1 N–H and O–H groups in total. The van der Waals surface area contributed by atoms with E-state index in [9.17, 15) is 9.59 Å². The number of hydrogen-bond donors (Lipinski definition) is 1. The third-order valence-electron chi connectivity index (χ3n) is 3.75. The van der Waals surface area contributed by atoms with Gasteiger partial charge in [0.05, 0.1) is 6.54 Å². The molecule has 1 aliphatic heterocycles. The van der Waals surface area contributed by atoms with E-state index < -0.39 is 0 Å². The Morgan fingerprint density at radius 3 is 2.81 bits per heavy atom. The third-order valence-corrected chi connectivity index (χ3v) is 3.75. The monoisotopic (exact) mass is 293 g/mol. The summed E-state index contributed by atoms with van der Waals surface area (Å²) in [4.78, 5) is 27.6. The van der Waals surface area contributed by atoms with Crippen LogP contribution in [0.5, 0.6) is 0 Å². The Morgan fingerprint density at radius 1 is 1.33 bits per heavy atom. The van der Waals surface area contributed by atoms with Crippen molar-refractivity contribution >= 4 is 11.8 Å². The number of rotatable bonds is 5. The van der Waals surface area contributed by atoms with E-state index in [1.807, 2.05) is 6.07 Å². The number of carbonyl (C=O) groups excluding carboxylic acids is 2. The van der Waals surface area contributed by atoms with Gasteiger partial charge in [0, 0.05) is 26.1 Å². The first kappa shape index (κ1) is 15.6. The van der Waals surface area contributed by atoms with Crippen molar-refractivity contribution in [1.82, 2.24) is 15.1 Å². The molecule has 2 heterocycles. The number of carbonyl (C=O) groups is 2. The van der Waals surface area contributed by atoms with E-state index in [1.165, 1.54) is 0 Å². The standard InChI is InChI=1S/C15H23N3O3/c1-3-17(4-2)11-12-5-6-13(21-12)15(20)18-9-7-14(19)16-8-10-18/h5-6H,3-4,7-11H2,1-2H3,(H,16,19). The number of nitrogens with zero attached hydrogens (tertiary/aromatic N) is 2. The molecule has 0 radical (unpaired) electrons. The first-order valence-corrected chi connectivity index (χ1v) is 7.51. The molecular formula is C15H23N3O3. The van der Waals surface area contributed by atoms with Gasteiger partial charge in [0.2, 0.25) is 5.91 Å². The van der Waals surface area contributed by atoms with Crippen molar-refractivity contribution in [2.75, 3.05) is 32.7 Å². The second kappa shape index (κ2) is 7.26. The summed E-state index contributed by atoms with van der Waals surface area (Å²) in [5.41, 5.74) is 0. The average molecular weight is 293 g/mol. The quantitative estimate of drug-likeness (QED) is 0.882. The summed E-state index contributed by atoms with van der Waals surface area (Å²) < 4.78 is 5.66. The van der Waals surface area contributed by atoms with Crippen molar-refractivity contribution in [3.8, 4) is 0 Å². The summed E-state index contributed by atoms with van der Waals surface area (Å²) in [6.07, 6.45) is 0.346. The first-order valence-electron chi connectivity index (χ1n) is 7.51. The Morgan fingerprint density at radius 2 is 2.10 bits per heavy atom. The van der Waals surface area contributed by atoms with E-state index in [2.05, 4.69) is 24.1 Å². The summed E-state index contributed by atoms with van der Waals surface area (Å²) in [7, 11) is 0. The lowest BCUT2D eigenvalue weighted by Gasteiger charge is -2.18. The van der Waals surface area contributed by atoms with Crippen LogP contribution < -0.4 is 5.32 Å². The van der Waals surface area contributed by atoms with Crippen LogP contribution in [0.1, 0.15) is 36.6 Å². The fourth-order valence-electron chi connectivity index (χ4n) is 2.37. The number of nitrogens with one attached hydrogen (secondary N) is 1. The van der Waals surface area contributed by atoms with Crippen LogP contribution in [0.25, 0.3) is 0 Å². The fraction of sp³-hybridized carbons (Fsp3) is 0.600. The van der Waals surface area contributed by atoms with Crippen LogP contribution in [0.2, 0.25) is 0 Å². The van der Waals surface area contributed by atoms with E-state index in [1.54, 1.807) is 11.0 Å². The molecule has 0 unspecified atom stereocenters. The molecular weight excluding hydrogens is 270 g/mol. The van der Waals surface area contributed by atoms with Gasteiger partial charge in [-0.05, 0) is 25.2 Å². The highest BCUT2D eigenvalue weighted by molar-refractivity contribution is 5.92. The Labute approximate surface area is 125 Å². The highest BCUT2D eigenvalue weighted by atomic mass is 16.4. The van der Waals surface area contributed by atoms with Crippen LogP contribution >= 0.6 is 0 Å². The maximum atomic E-state index is 12.4. The molecule has 1 saturated heterocycles. The van der Waals surface area contributed by atoms with Gasteiger partial charge >= 0.3 is 0 Å². The third kappa shape index (κ3) is 4.07. The maximum absolute atomic E-state index is 12.4. The number of hydrogen-bond acceptors (Lipinski definition) is 4. The summed E-state index contributed by atoms with van der Waals surface area (Å²) in [6.45, 7) is 8.26. The van der Waals surface area contributed by atoms with E-state index >= 15 is 0 Å². The van der Waals surface area contributed by atoms with Crippen LogP contribution in [-0.4, -0.2) is 54.3 Å². The topological polar surface area (TPSA) is 65.8 Å². The van der Waals surface area contributed by atoms with Crippen molar-refractivity contribution in [1.29, 1.82) is 0 Å². The molecule has 0 aromatic carbocycles.